The Labute approximate surface area is 112 Å². The lowest BCUT2D eigenvalue weighted by atomic mass is 10.2. The lowest BCUT2D eigenvalue weighted by molar-refractivity contribution is -0.131. The molecule has 2 rings (SSSR count). The average Bonchev–Trinajstić information content (AvgIpc) is 2.94. The number of hydrogen-bond donors (Lipinski definition) is 1. The van der Waals surface area contributed by atoms with Crippen LogP contribution in [0.15, 0.2) is 17.5 Å². The number of carbonyl (C=O) groups excluding carboxylic acids is 1. The van der Waals surface area contributed by atoms with Crippen LogP contribution < -0.4 is 5.73 Å². The molecule has 1 aromatic heterocycles. The molecule has 0 aliphatic carbocycles. The molecule has 100 valence electrons. The molecular formula is C13H21N3OS. The Morgan fingerprint density at radius 2 is 2.44 bits per heavy atom. The molecule has 0 spiro atoms. The van der Waals surface area contributed by atoms with Gasteiger partial charge in [0.15, 0.2) is 0 Å². The third-order valence-electron chi connectivity index (χ3n) is 3.68. The lowest BCUT2D eigenvalue weighted by Gasteiger charge is -2.25. The molecule has 4 nitrogen and oxygen atoms in total. The molecule has 2 heterocycles. The van der Waals surface area contributed by atoms with E-state index in [0.717, 1.165) is 13.0 Å². The summed E-state index contributed by atoms with van der Waals surface area (Å²) in [4.78, 5) is 17.3. The van der Waals surface area contributed by atoms with Crippen LogP contribution in [0, 0.1) is 0 Å². The predicted molar refractivity (Wildman–Crippen MR) is 74.4 cm³/mol. The highest BCUT2D eigenvalue weighted by Gasteiger charge is 2.29. The van der Waals surface area contributed by atoms with Crippen LogP contribution >= 0.6 is 11.3 Å². The van der Waals surface area contributed by atoms with Gasteiger partial charge in [-0.05, 0) is 24.8 Å². The van der Waals surface area contributed by atoms with E-state index in [0.29, 0.717) is 19.1 Å². The normalized spacial score (nSPS) is 24.4. The maximum absolute atomic E-state index is 12.1. The highest BCUT2D eigenvalue weighted by molar-refractivity contribution is 7.09. The van der Waals surface area contributed by atoms with E-state index in [-0.39, 0.29) is 11.9 Å². The van der Waals surface area contributed by atoms with Gasteiger partial charge in [-0.3, -0.25) is 9.69 Å². The Hall–Kier alpha value is -0.910. The van der Waals surface area contributed by atoms with Gasteiger partial charge in [-0.1, -0.05) is 6.07 Å². The van der Waals surface area contributed by atoms with Gasteiger partial charge < -0.3 is 10.6 Å². The minimum atomic E-state index is 0.171. The van der Waals surface area contributed by atoms with Crippen molar-refractivity contribution in [3.63, 3.8) is 0 Å². The third-order valence-corrected chi connectivity index (χ3v) is 4.54. The molecule has 1 aliphatic rings. The summed E-state index contributed by atoms with van der Waals surface area (Å²) in [6.07, 6.45) is 0.989. The summed E-state index contributed by atoms with van der Waals surface area (Å²) < 4.78 is 0. The fourth-order valence-corrected chi connectivity index (χ4v) is 3.03. The zero-order valence-electron chi connectivity index (χ0n) is 11.0. The van der Waals surface area contributed by atoms with Gasteiger partial charge in [-0.15, -0.1) is 11.3 Å². The number of amides is 1. The van der Waals surface area contributed by atoms with Gasteiger partial charge in [0.1, 0.15) is 0 Å². The summed E-state index contributed by atoms with van der Waals surface area (Å²) in [7, 11) is 1.86. The van der Waals surface area contributed by atoms with Crippen molar-refractivity contribution in [3.05, 3.63) is 22.4 Å². The van der Waals surface area contributed by atoms with Crippen LogP contribution in [0.1, 0.15) is 18.2 Å². The first-order valence-corrected chi connectivity index (χ1v) is 7.22. The van der Waals surface area contributed by atoms with Crippen molar-refractivity contribution in [1.29, 1.82) is 0 Å². The zero-order chi connectivity index (χ0) is 13.1. The molecule has 1 saturated heterocycles. The van der Waals surface area contributed by atoms with E-state index >= 15 is 0 Å². The van der Waals surface area contributed by atoms with Gasteiger partial charge in [0.2, 0.25) is 5.91 Å². The topological polar surface area (TPSA) is 49.6 Å². The Bertz CT molecular complexity index is 393. The third kappa shape index (κ3) is 3.10. The maximum atomic E-state index is 12.1. The van der Waals surface area contributed by atoms with E-state index in [9.17, 15) is 4.79 Å². The molecule has 0 radical (unpaired) electrons. The first kappa shape index (κ1) is 13.5. The Balaban J connectivity index is 1.84. The van der Waals surface area contributed by atoms with Crippen LogP contribution in [0.25, 0.3) is 0 Å². The van der Waals surface area contributed by atoms with Gasteiger partial charge in [0.25, 0.3) is 0 Å². The predicted octanol–water partition coefficient (Wildman–Crippen LogP) is 1.13. The minimum Gasteiger partial charge on any atom is -0.340 e. The van der Waals surface area contributed by atoms with Crippen LogP contribution in [0.4, 0.5) is 0 Å². The Morgan fingerprint density at radius 3 is 3.00 bits per heavy atom. The van der Waals surface area contributed by atoms with E-state index in [1.54, 1.807) is 16.2 Å². The number of likely N-dealkylation sites (N-methyl/N-ethyl adjacent to an activating group) is 1. The highest BCUT2D eigenvalue weighted by atomic mass is 32.1. The van der Waals surface area contributed by atoms with Crippen molar-refractivity contribution in [2.75, 3.05) is 20.1 Å². The maximum Gasteiger partial charge on any atom is 0.236 e. The number of carbonyl (C=O) groups is 1. The standard InChI is InChI=1S/C13H21N3OS/c1-10-12(14)5-6-16(10)9-13(17)15(2)8-11-4-3-7-18-11/h3-4,7,10,12H,5-6,8-9,14H2,1-2H3. The number of rotatable bonds is 4. The van der Waals surface area contributed by atoms with E-state index in [2.05, 4.69) is 17.9 Å². The second-order valence-corrected chi connectivity index (χ2v) is 6.03. The molecule has 0 bridgehead atoms. The highest BCUT2D eigenvalue weighted by Crippen LogP contribution is 2.16. The molecule has 1 aromatic rings. The average molecular weight is 267 g/mol. The van der Waals surface area contributed by atoms with Gasteiger partial charge in [0, 0.05) is 30.6 Å². The largest absolute Gasteiger partial charge is 0.340 e. The van der Waals surface area contributed by atoms with Gasteiger partial charge >= 0.3 is 0 Å². The molecule has 0 aromatic carbocycles. The summed E-state index contributed by atoms with van der Waals surface area (Å²) in [6.45, 7) is 4.21. The van der Waals surface area contributed by atoms with Crippen molar-refractivity contribution in [2.24, 2.45) is 5.73 Å². The van der Waals surface area contributed by atoms with Crippen molar-refractivity contribution in [3.8, 4) is 0 Å². The van der Waals surface area contributed by atoms with Crippen molar-refractivity contribution < 1.29 is 4.79 Å². The van der Waals surface area contributed by atoms with E-state index in [1.165, 1.54) is 4.88 Å². The van der Waals surface area contributed by atoms with E-state index < -0.39 is 0 Å². The molecule has 18 heavy (non-hydrogen) atoms. The molecule has 0 saturated carbocycles. The number of thiophene rings is 1. The number of likely N-dealkylation sites (tertiary alicyclic amines) is 1. The minimum absolute atomic E-state index is 0.171. The van der Waals surface area contributed by atoms with E-state index in [4.69, 9.17) is 5.73 Å². The molecule has 2 N–H and O–H groups in total. The van der Waals surface area contributed by atoms with Crippen molar-refractivity contribution in [2.45, 2.75) is 32.0 Å². The quantitative estimate of drug-likeness (QED) is 0.889. The molecular weight excluding hydrogens is 246 g/mol. The van der Waals surface area contributed by atoms with Gasteiger partial charge in [0.05, 0.1) is 13.1 Å². The summed E-state index contributed by atoms with van der Waals surface area (Å²) in [6, 6.07) is 4.59. The molecule has 2 atom stereocenters. The van der Waals surface area contributed by atoms with Crippen LogP contribution in [0.2, 0.25) is 0 Å². The van der Waals surface area contributed by atoms with Crippen LogP contribution in [0.3, 0.4) is 0 Å². The number of nitrogens with zero attached hydrogens (tertiary/aromatic N) is 2. The zero-order valence-corrected chi connectivity index (χ0v) is 11.8. The number of nitrogens with two attached hydrogens (primary N) is 1. The van der Waals surface area contributed by atoms with Crippen molar-refractivity contribution >= 4 is 17.2 Å². The summed E-state index contributed by atoms with van der Waals surface area (Å²) >= 11 is 1.68. The molecule has 2 unspecified atom stereocenters. The second kappa shape index (κ2) is 5.82. The van der Waals surface area contributed by atoms with Crippen LogP contribution in [-0.2, 0) is 11.3 Å². The molecule has 1 aliphatic heterocycles. The van der Waals surface area contributed by atoms with E-state index in [1.807, 2.05) is 18.5 Å². The summed E-state index contributed by atoms with van der Waals surface area (Å²) in [5.41, 5.74) is 5.97. The monoisotopic (exact) mass is 267 g/mol. The van der Waals surface area contributed by atoms with Gasteiger partial charge in [-0.2, -0.15) is 0 Å². The smallest absolute Gasteiger partial charge is 0.236 e. The number of hydrogen-bond acceptors (Lipinski definition) is 4. The summed E-state index contributed by atoms with van der Waals surface area (Å²) in [5.74, 6) is 0.171. The fraction of sp³-hybridized carbons (Fsp3) is 0.615. The fourth-order valence-electron chi connectivity index (χ4n) is 2.27. The summed E-state index contributed by atoms with van der Waals surface area (Å²) in [5, 5.41) is 2.04. The second-order valence-electron chi connectivity index (χ2n) is 4.99. The lowest BCUT2D eigenvalue weighted by Crippen LogP contribution is -2.43. The Kier molecular flexibility index (Phi) is 4.37. The molecule has 1 amide bonds. The molecule has 1 fully saturated rings. The molecule has 5 heteroatoms. The SMILES string of the molecule is CC1C(N)CCN1CC(=O)N(C)Cc1cccs1. The first-order valence-electron chi connectivity index (χ1n) is 6.34. The van der Waals surface area contributed by atoms with Crippen molar-refractivity contribution in [1.82, 2.24) is 9.80 Å². The van der Waals surface area contributed by atoms with Crippen LogP contribution in [-0.4, -0.2) is 47.9 Å². The van der Waals surface area contributed by atoms with Crippen LogP contribution in [0.5, 0.6) is 0 Å². The Morgan fingerprint density at radius 1 is 1.67 bits per heavy atom. The first-order chi connectivity index (χ1) is 8.58. The van der Waals surface area contributed by atoms with Gasteiger partial charge in [-0.25, -0.2) is 0 Å².